The van der Waals surface area contributed by atoms with E-state index in [1.807, 2.05) is 11.8 Å². The summed E-state index contributed by atoms with van der Waals surface area (Å²) >= 11 is 0. The first kappa shape index (κ1) is 22.0. The van der Waals surface area contributed by atoms with E-state index in [4.69, 9.17) is 9.47 Å². The van der Waals surface area contributed by atoms with Gasteiger partial charge in [-0.3, -0.25) is 9.59 Å². The molecule has 26 heavy (non-hydrogen) atoms. The Balaban J connectivity index is 2.50. The van der Waals surface area contributed by atoms with Crippen LogP contribution in [0.3, 0.4) is 0 Å². The second-order valence-corrected chi connectivity index (χ2v) is 6.49. The minimum atomic E-state index is -0.0161. The summed E-state index contributed by atoms with van der Waals surface area (Å²) in [5.41, 5.74) is 0.587. The van der Waals surface area contributed by atoms with Gasteiger partial charge in [-0.2, -0.15) is 0 Å². The lowest BCUT2D eigenvalue weighted by Gasteiger charge is -2.25. The van der Waals surface area contributed by atoms with Gasteiger partial charge in [-0.25, -0.2) is 0 Å². The summed E-state index contributed by atoms with van der Waals surface area (Å²) in [7, 11) is 1.55. The molecule has 0 fully saturated rings. The molecular formula is C21H33NO4. The van der Waals surface area contributed by atoms with Crippen molar-refractivity contribution in [2.75, 3.05) is 26.8 Å². The number of rotatable bonds is 12. The SMILES string of the molecule is CCC(CC)CN(CC)C(=O)CCCOc1ccc(C(C)=O)cc1OC. The molecule has 146 valence electrons. The van der Waals surface area contributed by atoms with Gasteiger partial charge in [0, 0.05) is 25.1 Å². The molecule has 1 aromatic carbocycles. The molecule has 0 aromatic heterocycles. The number of hydrogen-bond donors (Lipinski definition) is 0. The van der Waals surface area contributed by atoms with E-state index < -0.39 is 0 Å². The van der Waals surface area contributed by atoms with Gasteiger partial charge in [0.25, 0.3) is 0 Å². The van der Waals surface area contributed by atoms with Crippen LogP contribution in [0.2, 0.25) is 0 Å². The van der Waals surface area contributed by atoms with E-state index in [0.29, 0.717) is 42.4 Å². The van der Waals surface area contributed by atoms with Crippen LogP contribution < -0.4 is 9.47 Å². The summed E-state index contributed by atoms with van der Waals surface area (Å²) in [6.45, 7) is 9.90. The summed E-state index contributed by atoms with van der Waals surface area (Å²) < 4.78 is 11.0. The van der Waals surface area contributed by atoms with Crippen LogP contribution >= 0.6 is 0 Å². The van der Waals surface area contributed by atoms with Crippen LogP contribution in [0.4, 0.5) is 0 Å². The summed E-state index contributed by atoms with van der Waals surface area (Å²) in [5.74, 6) is 1.86. The zero-order valence-corrected chi connectivity index (χ0v) is 16.8. The normalized spacial score (nSPS) is 10.7. The van der Waals surface area contributed by atoms with Crippen LogP contribution in [-0.4, -0.2) is 43.4 Å². The average Bonchev–Trinajstić information content (AvgIpc) is 2.65. The van der Waals surface area contributed by atoms with Crippen molar-refractivity contribution < 1.29 is 19.1 Å². The number of amides is 1. The Hall–Kier alpha value is -2.04. The fourth-order valence-electron chi connectivity index (χ4n) is 2.84. The van der Waals surface area contributed by atoms with Crippen molar-refractivity contribution in [3.63, 3.8) is 0 Å². The Morgan fingerprint density at radius 1 is 1.12 bits per heavy atom. The number of nitrogens with zero attached hydrogens (tertiary/aromatic N) is 1. The molecule has 0 saturated carbocycles. The standard InChI is InChI=1S/C21H33NO4/c1-6-17(7-2)15-22(8-3)21(24)10-9-13-26-19-12-11-18(16(4)23)14-20(19)25-5/h11-12,14,17H,6-10,13,15H2,1-5H3. The number of ketones is 1. The molecule has 1 aromatic rings. The molecule has 1 amide bonds. The molecule has 0 spiro atoms. The van der Waals surface area contributed by atoms with Gasteiger partial charge >= 0.3 is 0 Å². The van der Waals surface area contributed by atoms with Gasteiger partial charge in [0.05, 0.1) is 13.7 Å². The third kappa shape index (κ3) is 6.70. The predicted molar refractivity (Wildman–Crippen MR) is 104 cm³/mol. The lowest BCUT2D eigenvalue weighted by atomic mass is 10.0. The average molecular weight is 363 g/mol. The first-order chi connectivity index (χ1) is 12.5. The molecule has 0 N–H and O–H groups in total. The monoisotopic (exact) mass is 363 g/mol. The minimum absolute atomic E-state index is 0.0161. The maximum atomic E-state index is 12.4. The predicted octanol–water partition coefficient (Wildman–Crippen LogP) is 4.34. The highest BCUT2D eigenvalue weighted by Gasteiger charge is 2.15. The van der Waals surface area contributed by atoms with Gasteiger partial charge in [0.1, 0.15) is 0 Å². The molecule has 1 rings (SSSR count). The molecule has 0 unspecified atom stereocenters. The Kier molecular flexibility index (Phi) is 9.78. The van der Waals surface area contributed by atoms with E-state index in [1.165, 1.54) is 6.92 Å². The first-order valence-corrected chi connectivity index (χ1v) is 9.56. The third-order valence-electron chi connectivity index (χ3n) is 4.73. The molecule has 0 aliphatic heterocycles. The maximum Gasteiger partial charge on any atom is 0.222 e. The zero-order valence-electron chi connectivity index (χ0n) is 16.8. The fourth-order valence-corrected chi connectivity index (χ4v) is 2.84. The van der Waals surface area contributed by atoms with Crippen molar-refractivity contribution in [2.45, 2.75) is 53.4 Å². The first-order valence-electron chi connectivity index (χ1n) is 9.56. The van der Waals surface area contributed by atoms with E-state index >= 15 is 0 Å². The summed E-state index contributed by atoms with van der Waals surface area (Å²) in [6.07, 6.45) is 3.32. The number of benzene rings is 1. The Labute approximate surface area is 157 Å². The smallest absolute Gasteiger partial charge is 0.222 e. The zero-order chi connectivity index (χ0) is 19.5. The van der Waals surface area contributed by atoms with Gasteiger partial charge in [-0.05, 0) is 44.4 Å². The van der Waals surface area contributed by atoms with Crippen molar-refractivity contribution >= 4 is 11.7 Å². The number of hydrogen-bond acceptors (Lipinski definition) is 4. The van der Waals surface area contributed by atoms with Gasteiger partial charge in [-0.1, -0.05) is 26.7 Å². The number of ether oxygens (including phenoxy) is 2. The molecule has 0 aliphatic rings. The van der Waals surface area contributed by atoms with Crippen molar-refractivity contribution in [1.82, 2.24) is 4.90 Å². The van der Waals surface area contributed by atoms with Crippen LogP contribution in [0.25, 0.3) is 0 Å². The molecule has 0 heterocycles. The highest BCUT2D eigenvalue weighted by molar-refractivity contribution is 5.94. The molecule has 0 atom stereocenters. The lowest BCUT2D eigenvalue weighted by molar-refractivity contribution is -0.131. The van der Waals surface area contributed by atoms with Crippen molar-refractivity contribution in [2.24, 2.45) is 5.92 Å². The molecule has 0 radical (unpaired) electrons. The van der Waals surface area contributed by atoms with Crippen molar-refractivity contribution in [1.29, 1.82) is 0 Å². The van der Waals surface area contributed by atoms with Crippen molar-refractivity contribution in [3.05, 3.63) is 23.8 Å². The van der Waals surface area contributed by atoms with Crippen LogP contribution in [0.5, 0.6) is 11.5 Å². The number of carbonyl (C=O) groups is 2. The van der Waals surface area contributed by atoms with E-state index in [-0.39, 0.29) is 11.7 Å². The topological polar surface area (TPSA) is 55.8 Å². The fraction of sp³-hybridized carbons (Fsp3) is 0.619. The van der Waals surface area contributed by atoms with E-state index in [9.17, 15) is 9.59 Å². The van der Waals surface area contributed by atoms with Crippen molar-refractivity contribution in [3.8, 4) is 11.5 Å². The molecular weight excluding hydrogens is 330 g/mol. The van der Waals surface area contributed by atoms with Gasteiger partial charge in [0.2, 0.25) is 5.91 Å². The largest absolute Gasteiger partial charge is 0.493 e. The highest BCUT2D eigenvalue weighted by Crippen LogP contribution is 2.28. The Morgan fingerprint density at radius 2 is 1.81 bits per heavy atom. The highest BCUT2D eigenvalue weighted by atomic mass is 16.5. The van der Waals surface area contributed by atoms with Gasteiger partial charge in [-0.15, -0.1) is 0 Å². The van der Waals surface area contributed by atoms with Gasteiger partial charge < -0.3 is 14.4 Å². The molecule has 0 aliphatic carbocycles. The lowest BCUT2D eigenvalue weighted by Crippen LogP contribution is -2.35. The number of Topliss-reactive ketones (excluding diaryl/α,β-unsaturated/α-hetero) is 1. The molecule has 5 nitrogen and oxygen atoms in total. The van der Waals surface area contributed by atoms with Crippen LogP contribution in [-0.2, 0) is 4.79 Å². The number of methoxy groups -OCH3 is 1. The number of carbonyl (C=O) groups excluding carboxylic acids is 2. The molecule has 0 saturated heterocycles. The van der Waals surface area contributed by atoms with Crippen LogP contribution in [0.15, 0.2) is 18.2 Å². The third-order valence-corrected chi connectivity index (χ3v) is 4.73. The van der Waals surface area contributed by atoms with E-state index in [0.717, 1.165) is 25.9 Å². The summed E-state index contributed by atoms with van der Waals surface area (Å²) in [5, 5.41) is 0. The Bertz CT molecular complexity index is 581. The van der Waals surface area contributed by atoms with Gasteiger partial charge in [0.15, 0.2) is 17.3 Å². The second-order valence-electron chi connectivity index (χ2n) is 6.49. The van der Waals surface area contributed by atoms with E-state index in [1.54, 1.807) is 25.3 Å². The van der Waals surface area contributed by atoms with Crippen LogP contribution in [0, 0.1) is 5.92 Å². The molecule has 5 heteroatoms. The second kappa shape index (κ2) is 11.6. The minimum Gasteiger partial charge on any atom is -0.493 e. The summed E-state index contributed by atoms with van der Waals surface area (Å²) in [6, 6.07) is 5.14. The van der Waals surface area contributed by atoms with E-state index in [2.05, 4.69) is 13.8 Å². The van der Waals surface area contributed by atoms with Crippen LogP contribution in [0.1, 0.15) is 63.7 Å². The summed E-state index contributed by atoms with van der Waals surface area (Å²) in [4.78, 5) is 25.8. The quantitative estimate of drug-likeness (QED) is 0.409. The maximum absolute atomic E-state index is 12.4. The Morgan fingerprint density at radius 3 is 2.35 bits per heavy atom. The molecule has 0 bridgehead atoms.